The predicted octanol–water partition coefficient (Wildman–Crippen LogP) is 12.0. The van der Waals surface area contributed by atoms with Crippen LogP contribution in [-0.2, 0) is 0 Å². The first kappa shape index (κ1) is 24.9. The van der Waals surface area contributed by atoms with E-state index < -0.39 is 0 Å². The van der Waals surface area contributed by atoms with Gasteiger partial charge >= 0.3 is 0 Å². The largest absolute Gasteiger partial charge is 0.456 e. The molecule has 0 radical (unpaired) electrons. The van der Waals surface area contributed by atoms with Crippen LogP contribution in [-0.4, -0.2) is 9.55 Å². The molecule has 4 heterocycles. The summed E-state index contributed by atoms with van der Waals surface area (Å²) < 4.78 is 15.7. The SMILES string of the molecule is c1ccc(-c2cc(-n3c4ccccc4c4c5ccc6oc7ccccc7c6c5c5c6ccccc6oc5c43)nc3ccccc23)cc1. The Bertz CT molecular complexity index is 3070. The number of pyridine rings is 1. The minimum absolute atomic E-state index is 0.846. The first-order chi connectivity index (χ1) is 23.3. The summed E-state index contributed by atoms with van der Waals surface area (Å²) in [4.78, 5) is 5.33. The number of hydrogen-bond acceptors (Lipinski definition) is 3. The number of hydrogen-bond donors (Lipinski definition) is 0. The number of furan rings is 2. The Morgan fingerprint density at radius 2 is 1.11 bits per heavy atom. The van der Waals surface area contributed by atoms with Gasteiger partial charge in [-0.2, -0.15) is 0 Å². The second kappa shape index (κ2) is 9.09. The lowest BCUT2D eigenvalue weighted by Gasteiger charge is -2.13. The highest BCUT2D eigenvalue weighted by atomic mass is 16.3. The highest BCUT2D eigenvalue weighted by molar-refractivity contribution is 6.40. The van der Waals surface area contributed by atoms with E-state index >= 15 is 0 Å². The van der Waals surface area contributed by atoms with Crippen molar-refractivity contribution in [3.8, 4) is 16.9 Å². The number of rotatable bonds is 2. The van der Waals surface area contributed by atoms with Gasteiger partial charge in [0.1, 0.15) is 22.6 Å². The number of benzene rings is 7. The molecule has 0 aliphatic heterocycles. The van der Waals surface area contributed by atoms with E-state index in [2.05, 4.69) is 132 Å². The topological polar surface area (TPSA) is 44.1 Å². The quantitative estimate of drug-likeness (QED) is 0.198. The third kappa shape index (κ3) is 3.28. The molecule has 0 saturated heterocycles. The summed E-state index contributed by atoms with van der Waals surface area (Å²) in [5.41, 5.74) is 8.79. The van der Waals surface area contributed by atoms with Crippen LogP contribution in [0.1, 0.15) is 0 Å². The van der Waals surface area contributed by atoms with Gasteiger partial charge in [0, 0.05) is 43.1 Å². The van der Waals surface area contributed by atoms with E-state index in [1.807, 2.05) is 18.2 Å². The molecule has 4 heteroatoms. The lowest BCUT2D eigenvalue weighted by Crippen LogP contribution is -1.99. The zero-order valence-electron chi connectivity index (χ0n) is 25.1. The maximum Gasteiger partial charge on any atom is 0.160 e. The van der Waals surface area contributed by atoms with Crippen LogP contribution in [0.3, 0.4) is 0 Å². The van der Waals surface area contributed by atoms with Crippen LogP contribution in [0.25, 0.3) is 104 Å². The van der Waals surface area contributed by atoms with Crippen LogP contribution in [0.5, 0.6) is 0 Å². The highest BCUT2D eigenvalue weighted by Gasteiger charge is 2.26. The Labute approximate surface area is 267 Å². The lowest BCUT2D eigenvalue weighted by molar-refractivity contribution is 0.669. The molecule has 4 aromatic heterocycles. The van der Waals surface area contributed by atoms with E-state index in [4.69, 9.17) is 13.8 Å². The van der Waals surface area contributed by atoms with E-state index in [0.29, 0.717) is 0 Å². The van der Waals surface area contributed by atoms with Crippen molar-refractivity contribution in [1.82, 2.24) is 9.55 Å². The van der Waals surface area contributed by atoms with Gasteiger partial charge in [0.2, 0.25) is 0 Å². The highest BCUT2D eigenvalue weighted by Crippen LogP contribution is 2.49. The van der Waals surface area contributed by atoms with Crippen molar-refractivity contribution in [3.05, 3.63) is 146 Å². The molecule has 0 aliphatic rings. The third-order valence-corrected chi connectivity index (χ3v) is 9.76. The fraction of sp³-hybridized carbons (Fsp3) is 0. The van der Waals surface area contributed by atoms with Gasteiger partial charge in [0.05, 0.1) is 16.6 Å². The van der Waals surface area contributed by atoms with Crippen molar-refractivity contribution >= 4 is 87.4 Å². The monoisotopic (exact) mass is 600 g/mol. The molecule has 7 aromatic carbocycles. The maximum atomic E-state index is 6.93. The van der Waals surface area contributed by atoms with E-state index in [-0.39, 0.29) is 0 Å². The molecular formula is C43H24N2O2. The number of aromatic nitrogens is 2. The average molecular weight is 601 g/mol. The summed E-state index contributed by atoms with van der Waals surface area (Å²) in [6, 6.07) is 50.9. The summed E-state index contributed by atoms with van der Waals surface area (Å²) in [6.07, 6.45) is 0. The van der Waals surface area contributed by atoms with E-state index in [1.54, 1.807) is 0 Å². The average Bonchev–Trinajstić information content (AvgIpc) is 3.81. The van der Waals surface area contributed by atoms with Crippen molar-refractivity contribution in [1.29, 1.82) is 0 Å². The lowest BCUT2D eigenvalue weighted by atomic mass is 9.95. The fourth-order valence-electron chi connectivity index (χ4n) is 7.84. The van der Waals surface area contributed by atoms with E-state index in [1.165, 1.54) is 0 Å². The molecule has 0 spiro atoms. The van der Waals surface area contributed by atoms with Gasteiger partial charge in [-0.25, -0.2) is 4.98 Å². The van der Waals surface area contributed by atoms with Gasteiger partial charge in [0.25, 0.3) is 0 Å². The normalized spacial score (nSPS) is 12.3. The molecule has 0 unspecified atom stereocenters. The molecule has 11 rings (SSSR count). The maximum absolute atomic E-state index is 6.93. The van der Waals surface area contributed by atoms with Crippen LogP contribution in [0.15, 0.2) is 154 Å². The van der Waals surface area contributed by atoms with Gasteiger partial charge in [-0.15, -0.1) is 0 Å². The molecule has 0 aliphatic carbocycles. The van der Waals surface area contributed by atoms with Crippen molar-refractivity contribution in [3.63, 3.8) is 0 Å². The second-order valence-corrected chi connectivity index (χ2v) is 12.2. The van der Waals surface area contributed by atoms with Gasteiger partial charge in [0.15, 0.2) is 5.58 Å². The van der Waals surface area contributed by atoms with Gasteiger partial charge in [-0.3, -0.25) is 4.57 Å². The molecule has 47 heavy (non-hydrogen) atoms. The Morgan fingerprint density at radius 3 is 1.94 bits per heavy atom. The van der Waals surface area contributed by atoms with Gasteiger partial charge < -0.3 is 8.83 Å². The van der Waals surface area contributed by atoms with Crippen LogP contribution < -0.4 is 0 Å². The van der Waals surface area contributed by atoms with Crippen LogP contribution in [0.4, 0.5) is 0 Å². The number of para-hydroxylation sites is 4. The predicted molar refractivity (Wildman–Crippen MR) is 194 cm³/mol. The molecular weight excluding hydrogens is 576 g/mol. The minimum atomic E-state index is 0.846. The molecule has 0 N–H and O–H groups in total. The molecule has 4 nitrogen and oxygen atoms in total. The van der Waals surface area contributed by atoms with E-state index in [0.717, 1.165) is 104 Å². The minimum Gasteiger partial charge on any atom is -0.456 e. The fourth-order valence-corrected chi connectivity index (χ4v) is 7.84. The van der Waals surface area contributed by atoms with Crippen molar-refractivity contribution in [2.24, 2.45) is 0 Å². The first-order valence-electron chi connectivity index (χ1n) is 15.9. The Morgan fingerprint density at radius 1 is 0.447 bits per heavy atom. The molecule has 218 valence electrons. The Kier molecular flexibility index (Phi) is 4.81. The zero-order valence-corrected chi connectivity index (χ0v) is 25.1. The molecule has 0 bridgehead atoms. The summed E-state index contributed by atoms with van der Waals surface area (Å²) in [7, 11) is 0. The van der Waals surface area contributed by atoms with Crippen molar-refractivity contribution in [2.45, 2.75) is 0 Å². The Balaban J connectivity index is 1.41. The first-order valence-corrected chi connectivity index (χ1v) is 15.9. The third-order valence-electron chi connectivity index (χ3n) is 9.76. The summed E-state index contributed by atoms with van der Waals surface area (Å²) in [5, 5.41) is 10.1. The second-order valence-electron chi connectivity index (χ2n) is 12.2. The molecule has 11 aromatic rings. The smallest absolute Gasteiger partial charge is 0.160 e. The van der Waals surface area contributed by atoms with Gasteiger partial charge in [-0.05, 0) is 59.0 Å². The molecule has 0 saturated carbocycles. The van der Waals surface area contributed by atoms with Gasteiger partial charge in [-0.1, -0.05) is 103 Å². The summed E-state index contributed by atoms with van der Waals surface area (Å²) in [6.45, 7) is 0. The molecule has 0 fully saturated rings. The van der Waals surface area contributed by atoms with Crippen LogP contribution >= 0.6 is 0 Å². The number of fused-ring (bicyclic) bond motifs is 15. The van der Waals surface area contributed by atoms with E-state index in [9.17, 15) is 0 Å². The molecule has 0 atom stereocenters. The zero-order chi connectivity index (χ0) is 30.6. The summed E-state index contributed by atoms with van der Waals surface area (Å²) in [5.74, 6) is 0.852. The van der Waals surface area contributed by atoms with Crippen LogP contribution in [0, 0.1) is 0 Å². The number of nitrogens with zero attached hydrogens (tertiary/aromatic N) is 2. The Hall–Kier alpha value is -6.39. The van der Waals surface area contributed by atoms with Crippen LogP contribution in [0.2, 0.25) is 0 Å². The molecule has 0 amide bonds. The van der Waals surface area contributed by atoms with Crippen molar-refractivity contribution in [2.75, 3.05) is 0 Å². The standard InChI is InChI=1S/C43H24N2O2/c1-2-12-25(13-3-1)31-24-37(44-32-18-8-4-14-26(31)32)45-33-19-9-5-15-27(33)38-30-22-23-36-39(28-16-6-10-20-34(28)46-36)40(30)41-29-17-7-11-21-35(29)47-43(41)42(38)45/h1-24H. The van der Waals surface area contributed by atoms with Crippen molar-refractivity contribution < 1.29 is 8.83 Å². The summed E-state index contributed by atoms with van der Waals surface area (Å²) >= 11 is 0.